The van der Waals surface area contributed by atoms with Gasteiger partial charge >= 0.3 is 6.18 Å². The van der Waals surface area contributed by atoms with E-state index in [1.54, 1.807) is 6.07 Å². The highest BCUT2D eigenvalue weighted by molar-refractivity contribution is 9.10. The highest BCUT2D eigenvalue weighted by Crippen LogP contribution is 2.29. The maximum Gasteiger partial charge on any atom is 0.417 e. The minimum absolute atomic E-state index is 0.0503. The molecule has 1 atom stereocenters. The first kappa shape index (κ1) is 15.9. The molecule has 0 spiro atoms. The predicted molar refractivity (Wildman–Crippen MR) is 72.0 cm³/mol. The van der Waals surface area contributed by atoms with Crippen molar-refractivity contribution in [1.29, 1.82) is 0 Å². The van der Waals surface area contributed by atoms with Crippen LogP contribution in [0.25, 0.3) is 0 Å². The fraction of sp³-hybridized carbons (Fsp3) is 0.214. The van der Waals surface area contributed by atoms with Crippen LogP contribution < -0.4 is 0 Å². The molecule has 0 aliphatic heterocycles. The molecule has 1 aromatic heterocycles. The van der Waals surface area contributed by atoms with Gasteiger partial charge in [-0.15, -0.1) is 0 Å². The van der Waals surface area contributed by atoms with Crippen LogP contribution in [-0.2, 0) is 12.6 Å². The van der Waals surface area contributed by atoms with Gasteiger partial charge in [-0.05, 0) is 35.9 Å². The van der Waals surface area contributed by atoms with Crippen LogP contribution in [0.3, 0.4) is 0 Å². The number of hydrogen-bond acceptors (Lipinski definition) is 2. The Hall–Kier alpha value is -1.47. The van der Waals surface area contributed by atoms with E-state index in [-0.39, 0.29) is 12.1 Å². The molecule has 0 aliphatic carbocycles. The lowest BCUT2D eigenvalue weighted by Crippen LogP contribution is -2.09. The smallest absolute Gasteiger partial charge is 0.386 e. The fourth-order valence-corrected chi connectivity index (χ4v) is 2.34. The molecule has 21 heavy (non-hydrogen) atoms. The minimum atomic E-state index is -4.47. The van der Waals surface area contributed by atoms with Gasteiger partial charge in [0.05, 0.1) is 17.4 Å². The van der Waals surface area contributed by atoms with Crippen molar-refractivity contribution in [3.8, 4) is 0 Å². The molecule has 1 aromatic carbocycles. The molecule has 1 unspecified atom stereocenters. The van der Waals surface area contributed by atoms with Gasteiger partial charge in [0.15, 0.2) is 0 Å². The molecule has 1 N–H and O–H groups in total. The van der Waals surface area contributed by atoms with Crippen molar-refractivity contribution < 1.29 is 22.7 Å². The molecular formula is C14H10BrF4NO. The number of alkyl halides is 3. The van der Waals surface area contributed by atoms with Crippen molar-refractivity contribution in [2.24, 2.45) is 0 Å². The maximum atomic E-state index is 13.2. The first-order chi connectivity index (χ1) is 9.75. The third-order valence-corrected chi connectivity index (χ3v) is 3.26. The van der Waals surface area contributed by atoms with Crippen LogP contribution in [0.15, 0.2) is 41.0 Å². The number of aliphatic hydroxyl groups excluding tert-OH is 1. The Morgan fingerprint density at radius 3 is 2.43 bits per heavy atom. The molecule has 0 saturated carbocycles. The summed E-state index contributed by atoms with van der Waals surface area (Å²) in [4.78, 5) is 3.61. The number of nitrogens with zero attached hydrogens (tertiary/aromatic N) is 1. The van der Waals surface area contributed by atoms with Gasteiger partial charge in [0.2, 0.25) is 0 Å². The third kappa shape index (κ3) is 4.25. The fourth-order valence-electron chi connectivity index (χ4n) is 1.83. The number of rotatable bonds is 3. The molecule has 0 aliphatic rings. The van der Waals surface area contributed by atoms with Gasteiger partial charge in [-0.25, -0.2) is 4.39 Å². The van der Waals surface area contributed by atoms with Crippen LogP contribution in [0.5, 0.6) is 0 Å². The number of aliphatic hydroxyl groups is 1. The molecule has 7 heteroatoms. The van der Waals surface area contributed by atoms with E-state index in [1.165, 1.54) is 12.1 Å². The number of halogens is 5. The SMILES string of the molecule is OC(Cc1cc(F)cc(Br)c1)c1ccc(C(F)(F)F)cn1. The molecule has 2 aromatic rings. The van der Waals surface area contributed by atoms with Crippen molar-refractivity contribution >= 4 is 15.9 Å². The minimum Gasteiger partial charge on any atom is -0.386 e. The molecule has 0 radical (unpaired) electrons. The molecular weight excluding hydrogens is 354 g/mol. The number of hydrogen-bond donors (Lipinski definition) is 1. The molecule has 0 bridgehead atoms. The zero-order valence-corrected chi connectivity index (χ0v) is 12.1. The molecule has 1 heterocycles. The standard InChI is InChI=1S/C14H10BrF4NO/c15-10-3-8(4-11(16)6-10)5-13(21)12-2-1-9(7-20-12)14(17,18)19/h1-4,6-7,13,21H,5H2. The molecule has 0 fully saturated rings. The monoisotopic (exact) mass is 363 g/mol. The lowest BCUT2D eigenvalue weighted by atomic mass is 10.0. The van der Waals surface area contributed by atoms with Crippen LogP contribution in [0.4, 0.5) is 17.6 Å². The molecule has 2 rings (SSSR count). The van der Waals surface area contributed by atoms with Crippen LogP contribution >= 0.6 is 15.9 Å². The second kappa shape index (κ2) is 6.11. The van der Waals surface area contributed by atoms with E-state index in [9.17, 15) is 22.7 Å². The highest BCUT2D eigenvalue weighted by atomic mass is 79.9. The summed E-state index contributed by atoms with van der Waals surface area (Å²) in [5.74, 6) is -0.466. The van der Waals surface area contributed by atoms with E-state index in [4.69, 9.17) is 0 Å². The molecule has 0 saturated heterocycles. The van der Waals surface area contributed by atoms with Crippen molar-refractivity contribution in [3.05, 3.63) is 63.6 Å². The third-order valence-electron chi connectivity index (χ3n) is 2.81. The molecule has 2 nitrogen and oxygen atoms in total. The first-order valence-corrected chi connectivity index (χ1v) is 6.71. The van der Waals surface area contributed by atoms with E-state index in [1.807, 2.05) is 0 Å². The van der Waals surface area contributed by atoms with E-state index in [2.05, 4.69) is 20.9 Å². The van der Waals surface area contributed by atoms with Gasteiger partial charge < -0.3 is 5.11 Å². The van der Waals surface area contributed by atoms with Gasteiger partial charge in [-0.2, -0.15) is 13.2 Å². The zero-order valence-electron chi connectivity index (χ0n) is 10.5. The van der Waals surface area contributed by atoms with Crippen molar-refractivity contribution in [2.45, 2.75) is 18.7 Å². The van der Waals surface area contributed by atoms with Crippen LogP contribution in [0, 0.1) is 5.82 Å². The number of aromatic nitrogens is 1. The van der Waals surface area contributed by atoms with Gasteiger partial charge in [0.25, 0.3) is 0 Å². The zero-order chi connectivity index (χ0) is 15.6. The Morgan fingerprint density at radius 2 is 1.90 bits per heavy atom. The average molecular weight is 364 g/mol. The van der Waals surface area contributed by atoms with Gasteiger partial charge in [-0.1, -0.05) is 15.9 Å². The Labute approximate surface area is 126 Å². The Balaban J connectivity index is 2.15. The summed E-state index contributed by atoms with van der Waals surface area (Å²) in [5.41, 5.74) is -0.272. The Kier molecular flexibility index (Phi) is 4.63. The summed E-state index contributed by atoms with van der Waals surface area (Å²) in [7, 11) is 0. The maximum absolute atomic E-state index is 13.2. The first-order valence-electron chi connectivity index (χ1n) is 5.92. The van der Waals surface area contributed by atoms with Crippen molar-refractivity contribution in [3.63, 3.8) is 0 Å². The van der Waals surface area contributed by atoms with Crippen LogP contribution in [0.1, 0.15) is 22.9 Å². The van der Waals surface area contributed by atoms with E-state index in [0.717, 1.165) is 12.1 Å². The van der Waals surface area contributed by atoms with Crippen molar-refractivity contribution in [2.75, 3.05) is 0 Å². The Bertz CT molecular complexity index is 608. The Morgan fingerprint density at radius 1 is 1.19 bits per heavy atom. The lowest BCUT2D eigenvalue weighted by molar-refractivity contribution is -0.137. The summed E-state index contributed by atoms with van der Waals surface area (Å²) in [6, 6.07) is 6.11. The largest absolute Gasteiger partial charge is 0.417 e. The summed E-state index contributed by atoms with van der Waals surface area (Å²) in [6.45, 7) is 0. The summed E-state index contributed by atoms with van der Waals surface area (Å²) < 4.78 is 51.0. The highest BCUT2D eigenvalue weighted by Gasteiger charge is 2.30. The van der Waals surface area contributed by atoms with E-state index < -0.39 is 23.7 Å². The molecule has 112 valence electrons. The summed E-state index contributed by atoms with van der Waals surface area (Å²) in [6.07, 6.45) is -4.86. The second-order valence-corrected chi connectivity index (χ2v) is 5.38. The number of pyridine rings is 1. The van der Waals surface area contributed by atoms with E-state index in [0.29, 0.717) is 16.2 Å². The number of benzene rings is 1. The predicted octanol–water partition coefficient (Wildman–Crippen LogP) is 4.28. The van der Waals surface area contributed by atoms with E-state index >= 15 is 0 Å². The molecule has 0 amide bonds. The normalized spacial score (nSPS) is 13.2. The second-order valence-electron chi connectivity index (χ2n) is 4.47. The lowest BCUT2D eigenvalue weighted by Gasteiger charge is -2.12. The van der Waals surface area contributed by atoms with Gasteiger partial charge in [0, 0.05) is 17.1 Å². The summed E-state index contributed by atoms with van der Waals surface area (Å²) >= 11 is 3.13. The topological polar surface area (TPSA) is 33.1 Å². The van der Waals surface area contributed by atoms with Gasteiger partial charge in [0.1, 0.15) is 5.82 Å². The van der Waals surface area contributed by atoms with Crippen molar-refractivity contribution in [1.82, 2.24) is 4.98 Å². The quantitative estimate of drug-likeness (QED) is 0.825. The summed E-state index contributed by atoms with van der Waals surface area (Å²) in [5, 5.41) is 9.97. The average Bonchev–Trinajstić information content (AvgIpc) is 2.36. The van der Waals surface area contributed by atoms with Crippen LogP contribution in [-0.4, -0.2) is 10.1 Å². The van der Waals surface area contributed by atoms with Gasteiger partial charge in [-0.3, -0.25) is 4.98 Å². The van der Waals surface area contributed by atoms with Crippen LogP contribution in [0.2, 0.25) is 0 Å².